The molecule has 2 aromatic rings. The number of rotatable bonds is 12. The van der Waals surface area contributed by atoms with Crippen molar-refractivity contribution in [2.24, 2.45) is 11.8 Å². The van der Waals surface area contributed by atoms with E-state index in [0.717, 1.165) is 12.0 Å². The fourth-order valence-corrected chi connectivity index (χ4v) is 6.09. The second kappa shape index (κ2) is 12.5. The summed E-state index contributed by atoms with van der Waals surface area (Å²) in [5.41, 5.74) is 7.03. The summed E-state index contributed by atoms with van der Waals surface area (Å²) >= 11 is 0. The molecule has 1 saturated heterocycles. The van der Waals surface area contributed by atoms with Crippen LogP contribution in [-0.2, 0) is 21.2 Å². The van der Waals surface area contributed by atoms with Crippen LogP contribution in [0.3, 0.4) is 0 Å². The summed E-state index contributed by atoms with van der Waals surface area (Å²) in [5.74, 6) is 0.0106. The zero-order valence-electron chi connectivity index (χ0n) is 20.9. The first kappa shape index (κ1) is 27.9. The maximum Gasteiger partial charge on any atom is 0.407 e. The minimum atomic E-state index is -3.95. The summed E-state index contributed by atoms with van der Waals surface area (Å²) in [6, 6.07) is 14.4. The van der Waals surface area contributed by atoms with E-state index in [0.29, 0.717) is 18.9 Å². The van der Waals surface area contributed by atoms with E-state index in [9.17, 15) is 23.4 Å². The van der Waals surface area contributed by atoms with E-state index in [-0.39, 0.29) is 42.8 Å². The van der Waals surface area contributed by atoms with Crippen molar-refractivity contribution in [3.63, 3.8) is 0 Å². The van der Waals surface area contributed by atoms with Crippen LogP contribution >= 0.6 is 0 Å². The van der Waals surface area contributed by atoms with Gasteiger partial charge in [-0.2, -0.15) is 4.31 Å². The van der Waals surface area contributed by atoms with E-state index in [1.54, 1.807) is 0 Å². The van der Waals surface area contributed by atoms with Crippen LogP contribution in [-0.4, -0.2) is 78.9 Å². The monoisotopic (exact) mass is 519 g/mol. The van der Waals surface area contributed by atoms with Crippen molar-refractivity contribution in [1.29, 1.82) is 0 Å². The molecule has 1 aliphatic heterocycles. The van der Waals surface area contributed by atoms with Crippen LogP contribution in [0, 0.1) is 11.8 Å². The molecule has 1 fully saturated rings. The number of hydrogen-bond acceptors (Lipinski definition) is 6. The van der Waals surface area contributed by atoms with Crippen molar-refractivity contribution in [3.05, 3.63) is 60.2 Å². The number of nitrogens with two attached hydrogens (primary N) is 1. The zero-order chi connectivity index (χ0) is 26.3. The summed E-state index contributed by atoms with van der Waals surface area (Å²) in [6.07, 6.45) is -1.42. The number of benzene rings is 2. The Morgan fingerprint density at radius 3 is 2.33 bits per heavy atom. The van der Waals surface area contributed by atoms with Gasteiger partial charge in [-0.1, -0.05) is 44.2 Å². The molecule has 0 aromatic heterocycles. The van der Waals surface area contributed by atoms with Gasteiger partial charge < -0.3 is 25.6 Å². The number of carbonyl (C=O) groups is 1. The fraction of sp³-hybridized carbons (Fsp3) is 0.500. The van der Waals surface area contributed by atoms with E-state index in [2.05, 4.69) is 0 Å². The van der Waals surface area contributed by atoms with Crippen molar-refractivity contribution < 1.29 is 28.2 Å². The van der Waals surface area contributed by atoms with Crippen LogP contribution in [0.1, 0.15) is 25.8 Å². The standard InChI is InChI=1S/C26H37N3O6S/c1-19(2)15-28(36(33,34)23-10-8-22(27)9-11-23)17-25(30)24(14-20-6-4-3-5-7-20)29(26(31)32)16-21-12-13-35-18-21/h3-11,19,21,24-25,30H,12-18,27H2,1-2H3,(H,31,32)/t21?,24-,25+/m0/s1. The lowest BCUT2D eigenvalue weighted by atomic mass is 9.98. The van der Waals surface area contributed by atoms with Crippen molar-refractivity contribution in [2.45, 2.75) is 43.7 Å². The Kier molecular flexibility index (Phi) is 9.72. The Hall–Kier alpha value is -2.66. The van der Waals surface area contributed by atoms with E-state index in [4.69, 9.17) is 10.5 Å². The van der Waals surface area contributed by atoms with E-state index >= 15 is 0 Å². The number of anilines is 1. The SMILES string of the molecule is CC(C)CN(C[C@@H](O)[C@H](Cc1ccccc1)N(CC1CCOC1)C(=O)O)S(=O)(=O)c1ccc(N)cc1. The predicted octanol–water partition coefficient (Wildman–Crippen LogP) is 2.90. The first-order valence-electron chi connectivity index (χ1n) is 12.2. The summed E-state index contributed by atoms with van der Waals surface area (Å²) in [4.78, 5) is 13.7. The molecule has 1 aliphatic rings. The smallest absolute Gasteiger partial charge is 0.407 e. The van der Waals surface area contributed by atoms with Gasteiger partial charge in [-0.25, -0.2) is 13.2 Å². The third kappa shape index (κ3) is 7.42. The molecule has 3 rings (SSSR count). The van der Waals surface area contributed by atoms with Crippen molar-refractivity contribution >= 4 is 21.8 Å². The number of amides is 1. The molecular formula is C26H37N3O6S. The third-order valence-corrected chi connectivity index (χ3v) is 8.18. The highest BCUT2D eigenvalue weighted by molar-refractivity contribution is 7.89. The lowest BCUT2D eigenvalue weighted by Gasteiger charge is -2.36. The van der Waals surface area contributed by atoms with Gasteiger partial charge in [0.2, 0.25) is 10.0 Å². The van der Waals surface area contributed by atoms with Crippen molar-refractivity contribution in [1.82, 2.24) is 9.21 Å². The van der Waals surface area contributed by atoms with Crippen LogP contribution in [0.4, 0.5) is 10.5 Å². The molecular weight excluding hydrogens is 482 g/mol. The van der Waals surface area contributed by atoms with Gasteiger partial charge in [0.1, 0.15) is 0 Å². The molecule has 0 radical (unpaired) electrons. The summed E-state index contributed by atoms with van der Waals surface area (Å²) < 4.78 is 33.7. The second-order valence-electron chi connectivity index (χ2n) is 9.77. The molecule has 0 bridgehead atoms. The average Bonchev–Trinajstić information content (AvgIpc) is 3.34. The molecule has 9 nitrogen and oxygen atoms in total. The Balaban J connectivity index is 1.92. The number of carboxylic acid groups (broad SMARTS) is 1. The molecule has 0 saturated carbocycles. The van der Waals surface area contributed by atoms with Gasteiger partial charge in [0, 0.05) is 37.8 Å². The number of hydrogen-bond donors (Lipinski definition) is 3. The molecule has 2 aromatic carbocycles. The predicted molar refractivity (Wildman–Crippen MR) is 138 cm³/mol. The molecule has 1 unspecified atom stereocenters. The van der Waals surface area contributed by atoms with Gasteiger partial charge in [0.15, 0.2) is 0 Å². The molecule has 3 atom stereocenters. The van der Waals surface area contributed by atoms with Crippen LogP contribution < -0.4 is 5.73 Å². The molecule has 36 heavy (non-hydrogen) atoms. The van der Waals surface area contributed by atoms with Crippen LogP contribution in [0.25, 0.3) is 0 Å². The maximum absolute atomic E-state index is 13.5. The topological polar surface area (TPSA) is 133 Å². The molecule has 198 valence electrons. The second-order valence-corrected chi connectivity index (χ2v) is 11.7. The normalized spacial score (nSPS) is 17.9. The molecule has 1 amide bonds. The van der Waals surface area contributed by atoms with E-state index < -0.39 is 28.3 Å². The van der Waals surface area contributed by atoms with Gasteiger partial charge in [-0.3, -0.25) is 0 Å². The lowest BCUT2D eigenvalue weighted by Crippen LogP contribution is -2.54. The number of ether oxygens (including phenoxy) is 1. The van der Waals surface area contributed by atoms with E-state index in [1.165, 1.54) is 33.5 Å². The number of aliphatic hydroxyl groups is 1. The Morgan fingerprint density at radius 2 is 1.78 bits per heavy atom. The highest BCUT2D eigenvalue weighted by Gasteiger charge is 2.36. The first-order valence-corrected chi connectivity index (χ1v) is 13.7. The minimum Gasteiger partial charge on any atom is -0.465 e. The van der Waals surface area contributed by atoms with Crippen LogP contribution in [0.15, 0.2) is 59.5 Å². The van der Waals surface area contributed by atoms with Gasteiger partial charge in [0.05, 0.1) is 23.6 Å². The quantitative estimate of drug-likeness (QED) is 0.367. The van der Waals surface area contributed by atoms with Gasteiger partial charge in [-0.15, -0.1) is 0 Å². The number of nitrogen functional groups attached to an aromatic ring is 1. The minimum absolute atomic E-state index is 0.0143. The van der Waals surface area contributed by atoms with Crippen molar-refractivity contribution in [2.75, 3.05) is 38.6 Å². The number of sulfonamides is 1. The molecule has 10 heteroatoms. The Labute approximate surface area is 213 Å². The van der Waals surface area contributed by atoms with E-state index in [1.807, 2.05) is 44.2 Å². The van der Waals surface area contributed by atoms with Crippen LogP contribution in [0.5, 0.6) is 0 Å². The average molecular weight is 520 g/mol. The highest BCUT2D eigenvalue weighted by atomic mass is 32.2. The van der Waals surface area contributed by atoms with Crippen molar-refractivity contribution in [3.8, 4) is 0 Å². The lowest BCUT2D eigenvalue weighted by molar-refractivity contribution is 0.0298. The summed E-state index contributed by atoms with van der Waals surface area (Å²) in [6.45, 7) is 4.96. The molecule has 0 aliphatic carbocycles. The Morgan fingerprint density at radius 1 is 1.11 bits per heavy atom. The van der Waals surface area contributed by atoms with Gasteiger partial charge in [0.25, 0.3) is 0 Å². The third-order valence-electron chi connectivity index (χ3n) is 6.33. The molecule has 4 N–H and O–H groups in total. The molecule has 1 heterocycles. The largest absolute Gasteiger partial charge is 0.465 e. The van der Waals surface area contributed by atoms with Gasteiger partial charge >= 0.3 is 6.09 Å². The number of nitrogens with zero attached hydrogens (tertiary/aromatic N) is 2. The fourth-order valence-electron chi connectivity index (χ4n) is 4.47. The summed E-state index contributed by atoms with van der Waals surface area (Å²) in [5, 5.41) is 21.5. The summed E-state index contributed by atoms with van der Waals surface area (Å²) in [7, 11) is -3.95. The highest BCUT2D eigenvalue weighted by Crippen LogP contribution is 2.23. The van der Waals surface area contributed by atoms with Crippen LogP contribution in [0.2, 0.25) is 0 Å². The maximum atomic E-state index is 13.5. The number of aliphatic hydroxyl groups excluding tert-OH is 1. The first-order chi connectivity index (χ1) is 17.1. The zero-order valence-corrected chi connectivity index (χ0v) is 21.7. The Bertz CT molecular complexity index is 1070. The molecule has 0 spiro atoms. The van der Waals surface area contributed by atoms with Gasteiger partial charge in [-0.05, 0) is 48.6 Å².